The molecule has 1 aliphatic rings. The Labute approximate surface area is 95.2 Å². The van der Waals surface area contributed by atoms with E-state index in [2.05, 4.69) is 5.32 Å². The van der Waals surface area contributed by atoms with Crippen LogP contribution in [0.2, 0.25) is 0 Å². The van der Waals surface area contributed by atoms with Crippen LogP contribution in [0.15, 0.2) is 10.3 Å². The van der Waals surface area contributed by atoms with Gasteiger partial charge in [0, 0.05) is 0 Å². The highest BCUT2D eigenvalue weighted by Crippen LogP contribution is 2.38. The normalized spacial score (nSPS) is 13.9. The summed E-state index contributed by atoms with van der Waals surface area (Å²) in [6.07, 6.45) is 0. The third-order valence-corrected chi connectivity index (χ3v) is 4.03. The zero-order chi connectivity index (χ0) is 9.42. The number of anilines is 1. The van der Waals surface area contributed by atoms with Gasteiger partial charge in [-0.15, -0.1) is 35.5 Å². The van der Waals surface area contributed by atoms with Crippen molar-refractivity contribution in [2.45, 2.75) is 4.21 Å². The minimum absolute atomic E-state index is 0. The average molecular weight is 250 g/mol. The van der Waals surface area contributed by atoms with Gasteiger partial charge in [-0.05, 0) is 6.07 Å². The van der Waals surface area contributed by atoms with E-state index in [1.165, 1.54) is 23.1 Å². The fourth-order valence-corrected chi connectivity index (χ4v) is 3.01. The molecule has 2 rings (SSSR count). The molecule has 0 unspecified atom stereocenters. The number of carbonyl (C=O) groups excluding carboxylic acids is 1. The minimum Gasteiger partial charge on any atom is -0.383 e. The molecule has 1 aromatic heterocycles. The summed E-state index contributed by atoms with van der Waals surface area (Å²) in [5.74, 6) is 0.504. The van der Waals surface area contributed by atoms with Gasteiger partial charge in [0.2, 0.25) is 5.91 Å². The van der Waals surface area contributed by atoms with Crippen LogP contribution < -0.4 is 11.1 Å². The molecule has 0 radical (unpaired) electrons. The number of halogens is 1. The van der Waals surface area contributed by atoms with Crippen molar-refractivity contribution >= 4 is 52.9 Å². The van der Waals surface area contributed by atoms with Crippen molar-refractivity contribution in [1.82, 2.24) is 0 Å². The number of fused-ring (bicyclic) bond motifs is 1. The van der Waals surface area contributed by atoms with Crippen LogP contribution in [0, 0.1) is 5.41 Å². The van der Waals surface area contributed by atoms with Crippen molar-refractivity contribution in [2.24, 2.45) is 5.73 Å². The first-order chi connectivity index (χ1) is 6.16. The lowest BCUT2D eigenvalue weighted by molar-refractivity contribution is -0.113. The van der Waals surface area contributed by atoms with Gasteiger partial charge in [0.1, 0.15) is 5.84 Å². The fraction of sp³-hybridized carbons (Fsp3) is 0.143. The largest absolute Gasteiger partial charge is 0.383 e. The van der Waals surface area contributed by atoms with Gasteiger partial charge in [-0.1, -0.05) is 0 Å². The summed E-state index contributed by atoms with van der Waals surface area (Å²) < 4.78 is 1.03. The van der Waals surface area contributed by atoms with Gasteiger partial charge >= 0.3 is 0 Å². The summed E-state index contributed by atoms with van der Waals surface area (Å²) in [6, 6.07) is 1.74. The zero-order valence-corrected chi connectivity index (χ0v) is 9.44. The van der Waals surface area contributed by atoms with Crippen molar-refractivity contribution in [3.05, 3.63) is 10.9 Å². The van der Waals surface area contributed by atoms with Crippen molar-refractivity contribution in [2.75, 3.05) is 11.1 Å². The summed E-state index contributed by atoms with van der Waals surface area (Å²) in [5, 5.41) is 9.97. The molecule has 1 amide bonds. The quantitative estimate of drug-likeness (QED) is 0.521. The number of nitrogens with one attached hydrogen (secondary N) is 2. The maximum atomic E-state index is 11.0. The number of amidine groups is 1. The third-order valence-electron chi connectivity index (χ3n) is 1.57. The first kappa shape index (κ1) is 11.4. The summed E-state index contributed by atoms with van der Waals surface area (Å²) >= 11 is 2.93. The molecule has 0 aromatic carbocycles. The number of nitrogens with two attached hydrogens (primary N) is 1. The molecule has 0 atom stereocenters. The van der Waals surface area contributed by atoms with E-state index in [9.17, 15) is 4.79 Å². The lowest BCUT2D eigenvalue weighted by atomic mass is 10.4. The summed E-state index contributed by atoms with van der Waals surface area (Å²) in [7, 11) is 0. The van der Waals surface area contributed by atoms with Gasteiger partial charge in [-0.2, -0.15) is 0 Å². The van der Waals surface area contributed by atoms with Gasteiger partial charge < -0.3 is 11.1 Å². The average Bonchev–Trinajstić information content (AvgIpc) is 2.46. The highest BCUT2D eigenvalue weighted by Gasteiger charge is 2.19. The second-order valence-corrected chi connectivity index (χ2v) is 4.86. The molecule has 1 aliphatic heterocycles. The van der Waals surface area contributed by atoms with Crippen LogP contribution >= 0.6 is 35.5 Å². The molecule has 1 aromatic rings. The van der Waals surface area contributed by atoms with Crippen LogP contribution in [0.4, 0.5) is 5.69 Å². The van der Waals surface area contributed by atoms with Crippen LogP contribution in [0.1, 0.15) is 4.88 Å². The highest BCUT2D eigenvalue weighted by atomic mass is 35.5. The van der Waals surface area contributed by atoms with Gasteiger partial charge in [0.05, 0.1) is 20.5 Å². The Morgan fingerprint density at radius 1 is 1.64 bits per heavy atom. The number of thioether (sulfide) groups is 1. The number of rotatable bonds is 1. The SMILES string of the molecule is Cl.N=C(N)c1cc2c(s1)SCC(=O)N2. The second-order valence-electron chi connectivity index (χ2n) is 2.56. The van der Waals surface area contributed by atoms with E-state index in [-0.39, 0.29) is 24.1 Å². The molecule has 0 saturated carbocycles. The molecule has 4 nitrogen and oxygen atoms in total. The molecule has 4 N–H and O–H groups in total. The Balaban J connectivity index is 0.000000980. The number of hydrogen-bond donors (Lipinski definition) is 3. The van der Waals surface area contributed by atoms with E-state index in [1.807, 2.05) is 0 Å². The summed E-state index contributed by atoms with van der Waals surface area (Å²) in [6.45, 7) is 0. The molecule has 0 bridgehead atoms. The monoisotopic (exact) mass is 249 g/mol. The number of hydrogen-bond acceptors (Lipinski definition) is 4. The maximum absolute atomic E-state index is 11.0. The topological polar surface area (TPSA) is 79.0 Å². The molecular formula is C7H8ClN3OS2. The maximum Gasteiger partial charge on any atom is 0.234 e. The first-order valence-electron chi connectivity index (χ1n) is 3.57. The fourth-order valence-electron chi connectivity index (χ4n) is 1.02. The molecule has 14 heavy (non-hydrogen) atoms. The number of nitrogen functional groups attached to an aromatic ring is 1. The Morgan fingerprint density at radius 2 is 2.36 bits per heavy atom. The van der Waals surface area contributed by atoms with Crippen molar-refractivity contribution in [3.8, 4) is 0 Å². The minimum atomic E-state index is 0. The van der Waals surface area contributed by atoms with E-state index < -0.39 is 0 Å². The molecule has 0 spiro atoms. The molecule has 0 aliphatic carbocycles. The number of thiophene rings is 1. The highest BCUT2D eigenvalue weighted by molar-refractivity contribution is 8.02. The number of carbonyl (C=O) groups is 1. The molecule has 7 heteroatoms. The Hall–Kier alpha value is -0.720. The van der Waals surface area contributed by atoms with E-state index in [1.54, 1.807) is 6.07 Å². The van der Waals surface area contributed by atoms with Gasteiger partial charge in [0.25, 0.3) is 0 Å². The van der Waals surface area contributed by atoms with Crippen molar-refractivity contribution in [1.29, 1.82) is 5.41 Å². The van der Waals surface area contributed by atoms with Crippen molar-refractivity contribution < 1.29 is 4.79 Å². The lowest BCUT2D eigenvalue weighted by Gasteiger charge is -2.10. The molecule has 2 heterocycles. The molecule has 76 valence electrons. The summed E-state index contributed by atoms with van der Waals surface area (Å²) in [4.78, 5) is 11.7. The first-order valence-corrected chi connectivity index (χ1v) is 5.38. The lowest BCUT2D eigenvalue weighted by Crippen LogP contribution is -2.17. The zero-order valence-electron chi connectivity index (χ0n) is 6.99. The Bertz CT molecular complexity index is 390. The predicted octanol–water partition coefficient (Wildman–Crippen LogP) is 1.50. The van der Waals surface area contributed by atoms with Crippen LogP contribution in [-0.2, 0) is 4.79 Å². The molecular weight excluding hydrogens is 242 g/mol. The van der Waals surface area contributed by atoms with Crippen LogP contribution in [-0.4, -0.2) is 17.5 Å². The van der Waals surface area contributed by atoms with E-state index in [0.717, 1.165) is 9.90 Å². The van der Waals surface area contributed by atoms with Crippen LogP contribution in [0.3, 0.4) is 0 Å². The van der Waals surface area contributed by atoms with E-state index >= 15 is 0 Å². The van der Waals surface area contributed by atoms with Crippen LogP contribution in [0.5, 0.6) is 0 Å². The smallest absolute Gasteiger partial charge is 0.234 e. The standard InChI is InChI=1S/C7H7N3OS2.ClH/c8-6(9)4-1-3-7(13-4)12-2-5(11)10-3;/h1H,2H2,(H3,8,9)(H,10,11);1H. The molecule has 0 fully saturated rings. The van der Waals surface area contributed by atoms with Gasteiger partial charge in [-0.3, -0.25) is 10.2 Å². The Kier molecular flexibility index (Phi) is 3.41. The second kappa shape index (κ2) is 4.20. The van der Waals surface area contributed by atoms with Crippen LogP contribution in [0.25, 0.3) is 0 Å². The molecule has 0 saturated heterocycles. The number of amides is 1. The predicted molar refractivity (Wildman–Crippen MR) is 61.9 cm³/mol. The summed E-state index contributed by atoms with van der Waals surface area (Å²) in [5.41, 5.74) is 6.12. The van der Waals surface area contributed by atoms with Gasteiger partial charge in [0.15, 0.2) is 0 Å². The Morgan fingerprint density at radius 3 is 3.00 bits per heavy atom. The third kappa shape index (κ3) is 2.02. The van der Waals surface area contributed by atoms with E-state index in [0.29, 0.717) is 10.6 Å². The van der Waals surface area contributed by atoms with Gasteiger partial charge in [-0.25, -0.2) is 0 Å². The van der Waals surface area contributed by atoms with Crippen molar-refractivity contribution in [3.63, 3.8) is 0 Å². The van der Waals surface area contributed by atoms with E-state index in [4.69, 9.17) is 11.1 Å².